The predicted molar refractivity (Wildman–Crippen MR) is 161 cm³/mol. The van der Waals surface area contributed by atoms with E-state index in [4.69, 9.17) is 11.6 Å². The fourth-order valence-corrected chi connectivity index (χ4v) is 4.95. The molecule has 5 rings (SSSR count). The Labute approximate surface area is 254 Å². The van der Waals surface area contributed by atoms with Crippen LogP contribution in [0.2, 0.25) is 5.02 Å². The summed E-state index contributed by atoms with van der Waals surface area (Å²) in [6.07, 6.45) is 0. The van der Waals surface area contributed by atoms with Gasteiger partial charge < -0.3 is 0 Å². The average molecular weight is 615 g/mol. The van der Waals surface area contributed by atoms with Gasteiger partial charge in [0, 0.05) is 39.3 Å². The van der Waals surface area contributed by atoms with Crippen molar-refractivity contribution in [2.24, 2.45) is 0 Å². The van der Waals surface area contributed by atoms with Gasteiger partial charge in [-0.2, -0.15) is 0 Å². The number of nitro groups is 2. The van der Waals surface area contributed by atoms with E-state index in [0.717, 1.165) is 11.8 Å². The normalized spacial score (nSPS) is 10.3. The first-order valence-corrected chi connectivity index (χ1v) is 13.7. The van der Waals surface area contributed by atoms with E-state index in [1.54, 1.807) is 78.9 Å². The van der Waals surface area contributed by atoms with Gasteiger partial charge in [0.25, 0.3) is 11.4 Å². The van der Waals surface area contributed by atoms with E-state index in [1.165, 1.54) is 42.5 Å². The van der Waals surface area contributed by atoms with Crippen LogP contribution in [0.4, 0.5) is 15.8 Å². The van der Waals surface area contributed by atoms with Crippen molar-refractivity contribution >= 4 is 46.3 Å². The van der Waals surface area contributed by atoms with Crippen LogP contribution in [-0.2, 0) is 0 Å². The lowest BCUT2D eigenvalue weighted by Gasteiger charge is -2.06. The van der Waals surface area contributed by atoms with Gasteiger partial charge in [-0.3, -0.25) is 29.8 Å². The van der Waals surface area contributed by atoms with Gasteiger partial charge in [0.05, 0.1) is 14.7 Å². The highest BCUT2D eigenvalue weighted by Crippen LogP contribution is 2.37. The summed E-state index contributed by atoms with van der Waals surface area (Å²) in [6, 6.07) is 31.4. The van der Waals surface area contributed by atoms with Crippen LogP contribution in [0.15, 0.2) is 131 Å². The Morgan fingerprint density at radius 2 is 1.05 bits per heavy atom. The van der Waals surface area contributed by atoms with E-state index in [1.807, 2.05) is 0 Å². The van der Waals surface area contributed by atoms with Gasteiger partial charge in [-0.05, 0) is 36.4 Å². The minimum absolute atomic E-state index is 0.0182. The van der Waals surface area contributed by atoms with E-state index in [0.29, 0.717) is 11.1 Å². The lowest BCUT2D eigenvalue weighted by atomic mass is 10.0. The Balaban J connectivity index is 0.000000208. The second-order valence-electron chi connectivity index (χ2n) is 8.79. The van der Waals surface area contributed by atoms with Crippen LogP contribution < -0.4 is 0 Å². The quantitative estimate of drug-likeness (QED) is 0.0974. The molecule has 0 saturated carbocycles. The Bertz CT molecular complexity index is 1820. The molecule has 0 N–H and O–H groups in total. The molecule has 11 heteroatoms. The Morgan fingerprint density at radius 3 is 1.56 bits per heavy atom. The highest BCUT2D eigenvalue weighted by molar-refractivity contribution is 7.99. The third kappa shape index (κ3) is 7.76. The monoisotopic (exact) mass is 614 g/mol. The summed E-state index contributed by atoms with van der Waals surface area (Å²) in [6.45, 7) is 0. The fourth-order valence-electron chi connectivity index (χ4n) is 3.84. The first-order chi connectivity index (χ1) is 20.7. The van der Waals surface area contributed by atoms with Gasteiger partial charge in [0.15, 0.2) is 11.6 Å². The Hall–Kier alpha value is -5.19. The summed E-state index contributed by atoms with van der Waals surface area (Å²) >= 11 is 6.65. The molecular formula is C32H20ClFN2O6S. The number of hydrogen-bond acceptors (Lipinski definition) is 7. The number of carbonyl (C=O) groups is 2. The molecule has 0 radical (unpaired) electrons. The van der Waals surface area contributed by atoms with Gasteiger partial charge in [0.1, 0.15) is 10.8 Å². The van der Waals surface area contributed by atoms with Crippen molar-refractivity contribution in [2.45, 2.75) is 9.79 Å². The molecule has 0 aliphatic carbocycles. The number of benzene rings is 5. The van der Waals surface area contributed by atoms with Crippen LogP contribution in [-0.4, -0.2) is 21.4 Å². The second kappa shape index (κ2) is 14.1. The third-order valence-electron chi connectivity index (χ3n) is 5.95. The van der Waals surface area contributed by atoms with Gasteiger partial charge in [0.2, 0.25) is 0 Å². The van der Waals surface area contributed by atoms with Gasteiger partial charge >= 0.3 is 0 Å². The first kappa shape index (κ1) is 30.8. The smallest absolute Gasteiger partial charge is 0.288 e. The van der Waals surface area contributed by atoms with E-state index >= 15 is 0 Å². The lowest BCUT2D eigenvalue weighted by Crippen LogP contribution is -2.02. The van der Waals surface area contributed by atoms with Crippen LogP contribution in [0.3, 0.4) is 0 Å². The van der Waals surface area contributed by atoms with Crippen molar-refractivity contribution < 1.29 is 23.8 Å². The van der Waals surface area contributed by atoms with Crippen LogP contribution in [0.5, 0.6) is 0 Å². The fraction of sp³-hybridized carbons (Fsp3) is 0. The number of nitrogens with zero attached hydrogens (tertiary/aromatic N) is 2. The SMILES string of the molecule is O=C(c1ccccc1)c1ccc(Cl)c([N+](=O)[O-])c1.O=C(c1ccccc1)c1ccc(Sc2ccccc2F)c([N+](=O)[O-])c1. The summed E-state index contributed by atoms with van der Waals surface area (Å²) in [4.78, 5) is 46.1. The molecule has 43 heavy (non-hydrogen) atoms. The van der Waals surface area contributed by atoms with Crippen molar-refractivity contribution in [1.82, 2.24) is 0 Å². The molecule has 0 bridgehead atoms. The molecule has 0 aromatic heterocycles. The maximum absolute atomic E-state index is 13.8. The Kier molecular flexibility index (Phi) is 10.1. The number of rotatable bonds is 8. The molecule has 0 unspecified atom stereocenters. The zero-order valence-electron chi connectivity index (χ0n) is 22.1. The summed E-state index contributed by atoms with van der Waals surface area (Å²) in [5.74, 6) is -1.02. The van der Waals surface area contributed by atoms with Crippen molar-refractivity contribution in [3.05, 3.63) is 175 Å². The molecule has 5 aromatic rings. The molecule has 214 valence electrons. The molecule has 0 atom stereocenters. The van der Waals surface area contributed by atoms with E-state index < -0.39 is 15.7 Å². The summed E-state index contributed by atoms with van der Waals surface area (Å²) < 4.78 is 13.8. The van der Waals surface area contributed by atoms with E-state index in [9.17, 15) is 34.2 Å². The molecule has 0 spiro atoms. The molecule has 0 aliphatic heterocycles. The van der Waals surface area contributed by atoms with E-state index in [2.05, 4.69) is 0 Å². The zero-order valence-corrected chi connectivity index (χ0v) is 23.6. The van der Waals surface area contributed by atoms with Crippen molar-refractivity contribution in [3.63, 3.8) is 0 Å². The van der Waals surface area contributed by atoms with Gasteiger partial charge in [-0.25, -0.2) is 4.39 Å². The molecular weight excluding hydrogens is 595 g/mol. The minimum Gasteiger partial charge on any atom is -0.289 e. The number of hydrogen-bond donors (Lipinski definition) is 0. The third-order valence-corrected chi connectivity index (χ3v) is 7.39. The molecule has 0 heterocycles. The molecule has 0 aliphatic rings. The number of ketones is 2. The van der Waals surface area contributed by atoms with Gasteiger partial charge in [-0.15, -0.1) is 0 Å². The first-order valence-electron chi connectivity index (χ1n) is 12.5. The number of halogens is 2. The standard InChI is InChI=1S/C19H12FNO3S.C13H8ClNO3/c20-15-8-4-5-9-17(15)25-18-11-10-14(12-16(18)21(23)24)19(22)13-6-2-1-3-7-13;14-11-7-6-10(8-12(11)15(17)18)13(16)9-4-2-1-3-5-9/h1-12H;1-8H. The number of nitro benzene ring substituents is 2. The summed E-state index contributed by atoms with van der Waals surface area (Å²) in [5, 5.41) is 22.2. The summed E-state index contributed by atoms with van der Waals surface area (Å²) in [5.41, 5.74) is 0.905. The van der Waals surface area contributed by atoms with E-state index in [-0.39, 0.29) is 48.9 Å². The second-order valence-corrected chi connectivity index (χ2v) is 10.3. The Morgan fingerprint density at radius 1 is 0.581 bits per heavy atom. The van der Waals surface area contributed by atoms with Crippen LogP contribution in [0.25, 0.3) is 0 Å². The lowest BCUT2D eigenvalue weighted by molar-refractivity contribution is -0.387. The minimum atomic E-state index is -0.607. The van der Waals surface area contributed by atoms with Crippen molar-refractivity contribution in [1.29, 1.82) is 0 Å². The highest BCUT2D eigenvalue weighted by atomic mass is 35.5. The average Bonchev–Trinajstić information content (AvgIpc) is 3.03. The maximum Gasteiger partial charge on any atom is 0.288 e. The van der Waals surface area contributed by atoms with Crippen molar-refractivity contribution in [3.8, 4) is 0 Å². The van der Waals surface area contributed by atoms with Crippen LogP contribution in [0.1, 0.15) is 31.8 Å². The van der Waals surface area contributed by atoms with Crippen LogP contribution in [0, 0.1) is 26.0 Å². The van der Waals surface area contributed by atoms with Crippen molar-refractivity contribution in [2.75, 3.05) is 0 Å². The molecule has 5 aromatic carbocycles. The highest BCUT2D eigenvalue weighted by Gasteiger charge is 2.20. The van der Waals surface area contributed by atoms with Gasteiger partial charge in [-0.1, -0.05) is 96.2 Å². The topological polar surface area (TPSA) is 120 Å². The number of carbonyl (C=O) groups excluding carboxylic acids is 2. The predicted octanol–water partition coefficient (Wildman–Crippen LogP) is 8.60. The summed E-state index contributed by atoms with van der Waals surface area (Å²) in [7, 11) is 0. The largest absolute Gasteiger partial charge is 0.289 e. The maximum atomic E-state index is 13.8. The zero-order chi connectivity index (χ0) is 30.9. The molecule has 0 saturated heterocycles. The molecule has 0 amide bonds. The molecule has 0 fully saturated rings. The van der Waals surface area contributed by atoms with Crippen LogP contribution >= 0.6 is 23.4 Å². The molecule has 8 nitrogen and oxygen atoms in total.